The lowest BCUT2D eigenvalue weighted by Gasteiger charge is -2.12. The van der Waals surface area contributed by atoms with Crippen molar-refractivity contribution in [1.82, 2.24) is 10.9 Å². The molecule has 9 nitrogen and oxygen atoms in total. The van der Waals surface area contributed by atoms with E-state index in [0.717, 1.165) is 0 Å². The second kappa shape index (κ2) is 10.7. The van der Waals surface area contributed by atoms with Crippen LogP contribution in [0.2, 0.25) is 5.02 Å². The van der Waals surface area contributed by atoms with Crippen LogP contribution in [0, 0.1) is 0 Å². The Kier molecular flexibility index (Phi) is 8.07. The van der Waals surface area contributed by atoms with Crippen molar-refractivity contribution in [3.05, 3.63) is 59.3 Å². The summed E-state index contributed by atoms with van der Waals surface area (Å²) in [5.74, 6) is -1.49. The zero-order valence-corrected chi connectivity index (χ0v) is 17.3. The van der Waals surface area contributed by atoms with Gasteiger partial charge in [0.15, 0.2) is 0 Å². The van der Waals surface area contributed by atoms with Crippen LogP contribution < -0.4 is 31.0 Å². The van der Waals surface area contributed by atoms with Crippen molar-refractivity contribution in [2.24, 2.45) is 0 Å². The molecule has 158 valence electrons. The minimum absolute atomic E-state index is 0.270. The lowest BCUT2D eigenvalue weighted by Crippen LogP contribution is -2.43. The van der Waals surface area contributed by atoms with Crippen molar-refractivity contribution >= 4 is 40.7 Å². The maximum Gasteiger partial charge on any atom is 0.327 e. The van der Waals surface area contributed by atoms with Gasteiger partial charge in [0.1, 0.15) is 11.5 Å². The normalized spacial score (nSPS) is 10.6. The Morgan fingerprint density at radius 3 is 2.23 bits per heavy atom. The van der Waals surface area contributed by atoms with Crippen molar-refractivity contribution in [1.29, 1.82) is 0 Å². The summed E-state index contributed by atoms with van der Waals surface area (Å²) in [6.45, 7) is 1.55. The van der Waals surface area contributed by atoms with E-state index in [9.17, 15) is 14.4 Å². The van der Waals surface area contributed by atoms with Gasteiger partial charge in [-0.3, -0.25) is 19.8 Å². The van der Waals surface area contributed by atoms with Crippen molar-refractivity contribution in [3.8, 4) is 11.5 Å². The Morgan fingerprint density at radius 1 is 0.900 bits per heavy atom. The number of hydrogen-bond donors (Lipinski definition) is 4. The SMILES string of the molecule is COc1ccc(OC)c(NC(=O)C(=O)NN/C(C)=C\C(=O)Nc2ccc(Cl)cc2)c1. The molecule has 3 amide bonds. The number of methoxy groups -OCH3 is 2. The molecule has 2 aromatic rings. The summed E-state index contributed by atoms with van der Waals surface area (Å²) in [5, 5.41) is 5.62. The molecule has 2 aromatic carbocycles. The van der Waals surface area contributed by atoms with Gasteiger partial charge in [0.05, 0.1) is 19.9 Å². The summed E-state index contributed by atoms with van der Waals surface area (Å²) in [6.07, 6.45) is 1.22. The molecule has 0 spiro atoms. The molecule has 30 heavy (non-hydrogen) atoms. The van der Waals surface area contributed by atoms with Crippen LogP contribution in [0.3, 0.4) is 0 Å². The molecule has 10 heteroatoms. The number of amides is 3. The molecule has 2 rings (SSSR count). The molecule has 0 aliphatic rings. The van der Waals surface area contributed by atoms with Crippen LogP contribution in [0.15, 0.2) is 54.2 Å². The molecule has 0 atom stereocenters. The number of rotatable bonds is 7. The monoisotopic (exact) mass is 432 g/mol. The van der Waals surface area contributed by atoms with Gasteiger partial charge >= 0.3 is 11.8 Å². The van der Waals surface area contributed by atoms with E-state index in [2.05, 4.69) is 21.5 Å². The van der Waals surface area contributed by atoms with E-state index in [1.54, 1.807) is 43.3 Å². The number of ether oxygens (including phenoxy) is 2. The first-order chi connectivity index (χ1) is 14.3. The number of halogens is 1. The van der Waals surface area contributed by atoms with Crippen molar-refractivity contribution in [3.63, 3.8) is 0 Å². The number of carbonyl (C=O) groups is 3. The fourth-order valence-electron chi connectivity index (χ4n) is 2.25. The number of hydrogen-bond acceptors (Lipinski definition) is 6. The highest BCUT2D eigenvalue weighted by Gasteiger charge is 2.16. The Morgan fingerprint density at radius 2 is 1.60 bits per heavy atom. The summed E-state index contributed by atoms with van der Waals surface area (Å²) < 4.78 is 10.2. The number of carbonyl (C=O) groups excluding carboxylic acids is 3. The van der Waals surface area contributed by atoms with Crippen LogP contribution in [0.4, 0.5) is 11.4 Å². The molecule has 0 radical (unpaired) electrons. The number of allylic oxidation sites excluding steroid dienone is 1. The van der Waals surface area contributed by atoms with E-state index >= 15 is 0 Å². The van der Waals surface area contributed by atoms with Gasteiger partial charge in [-0.2, -0.15) is 0 Å². The number of nitrogens with one attached hydrogen (secondary N) is 4. The Bertz CT molecular complexity index is 960. The van der Waals surface area contributed by atoms with Gasteiger partial charge in [0, 0.05) is 28.5 Å². The van der Waals surface area contributed by atoms with Gasteiger partial charge in [-0.05, 0) is 43.3 Å². The van der Waals surface area contributed by atoms with Crippen molar-refractivity contribution in [2.75, 3.05) is 24.9 Å². The fourth-order valence-corrected chi connectivity index (χ4v) is 2.37. The average molecular weight is 433 g/mol. The molecule has 0 saturated heterocycles. The third-order valence-electron chi connectivity index (χ3n) is 3.69. The highest BCUT2D eigenvalue weighted by atomic mass is 35.5. The van der Waals surface area contributed by atoms with Gasteiger partial charge in [0.25, 0.3) is 0 Å². The van der Waals surface area contributed by atoms with Crippen LogP contribution >= 0.6 is 11.6 Å². The smallest absolute Gasteiger partial charge is 0.327 e. The molecule has 0 aliphatic carbocycles. The largest absolute Gasteiger partial charge is 0.497 e. The minimum atomic E-state index is -0.967. The summed E-state index contributed by atoms with van der Waals surface area (Å²) in [5.41, 5.74) is 5.83. The van der Waals surface area contributed by atoms with Crippen LogP contribution in [0.5, 0.6) is 11.5 Å². The molecular formula is C20H21ClN4O5. The van der Waals surface area contributed by atoms with Gasteiger partial charge in [0.2, 0.25) is 5.91 Å². The van der Waals surface area contributed by atoms with Crippen LogP contribution in [-0.2, 0) is 14.4 Å². The predicted octanol–water partition coefficient (Wildman–Crippen LogP) is 2.46. The molecule has 0 aromatic heterocycles. The highest BCUT2D eigenvalue weighted by Crippen LogP contribution is 2.28. The number of benzene rings is 2. The minimum Gasteiger partial charge on any atom is -0.497 e. The summed E-state index contributed by atoms with van der Waals surface area (Å²) in [7, 11) is 2.91. The predicted molar refractivity (Wildman–Crippen MR) is 113 cm³/mol. The molecular weight excluding hydrogens is 412 g/mol. The number of anilines is 2. The van der Waals surface area contributed by atoms with Gasteiger partial charge in [-0.25, -0.2) is 0 Å². The van der Waals surface area contributed by atoms with Gasteiger partial charge < -0.3 is 25.5 Å². The first-order valence-electron chi connectivity index (χ1n) is 8.66. The van der Waals surface area contributed by atoms with Crippen molar-refractivity contribution < 1.29 is 23.9 Å². The van der Waals surface area contributed by atoms with E-state index in [0.29, 0.717) is 27.9 Å². The maximum absolute atomic E-state index is 12.1. The Labute approximate surface area is 178 Å². The molecule has 0 fully saturated rings. The van der Waals surface area contributed by atoms with Gasteiger partial charge in [-0.1, -0.05) is 11.6 Å². The third-order valence-corrected chi connectivity index (χ3v) is 3.95. The van der Waals surface area contributed by atoms with Crippen LogP contribution in [0.1, 0.15) is 6.92 Å². The third kappa shape index (κ3) is 6.71. The van der Waals surface area contributed by atoms with Gasteiger partial charge in [-0.15, -0.1) is 0 Å². The van der Waals surface area contributed by atoms with Crippen LogP contribution in [-0.4, -0.2) is 31.9 Å². The maximum atomic E-state index is 12.1. The lowest BCUT2D eigenvalue weighted by molar-refractivity contribution is -0.136. The quantitative estimate of drug-likeness (QED) is 0.303. The second-order valence-electron chi connectivity index (χ2n) is 5.92. The Hall–Kier alpha value is -3.72. The van der Waals surface area contributed by atoms with Crippen LogP contribution in [0.25, 0.3) is 0 Å². The van der Waals surface area contributed by atoms with E-state index in [4.69, 9.17) is 21.1 Å². The Balaban J connectivity index is 1.89. The molecule has 0 aliphatic heterocycles. The number of hydrazine groups is 1. The molecule has 0 bridgehead atoms. The summed E-state index contributed by atoms with van der Waals surface area (Å²) >= 11 is 5.79. The summed E-state index contributed by atoms with van der Waals surface area (Å²) in [4.78, 5) is 36.1. The standard InChI is InChI=1S/C20H21ClN4O5/c1-12(10-18(26)22-14-6-4-13(21)5-7-14)24-25-20(28)19(27)23-16-11-15(29-2)8-9-17(16)30-3/h4-11,24H,1-3H3,(H,22,26)(H,23,27)(H,25,28)/b12-10-. The fraction of sp³-hybridized carbons (Fsp3) is 0.150. The first-order valence-corrected chi connectivity index (χ1v) is 9.04. The zero-order chi connectivity index (χ0) is 22.1. The molecule has 0 unspecified atom stereocenters. The lowest BCUT2D eigenvalue weighted by atomic mass is 10.2. The molecule has 0 heterocycles. The van der Waals surface area contributed by atoms with E-state index < -0.39 is 17.7 Å². The first kappa shape index (κ1) is 22.6. The van der Waals surface area contributed by atoms with E-state index in [1.807, 2.05) is 0 Å². The highest BCUT2D eigenvalue weighted by molar-refractivity contribution is 6.39. The molecule has 4 N–H and O–H groups in total. The molecule has 0 saturated carbocycles. The van der Waals surface area contributed by atoms with E-state index in [-0.39, 0.29) is 5.69 Å². The zero-order valence-electron chi connectivity index (χ0n) is 16.5. The van der Waals surface area contributed by atoms with E-state index in [1.165, 1.54) is 26.4 Å². The topological polar surface area (TPSA) is 118 Å². The summed E-state index contributed by atoms with van der Waals surface area (Å²) in [6, 6.07) is 11.3. The average Bonchev–Trinajstić information content (AvgIpc) is 2.73. The second-order valence-corrected chi connectivity index (χ2v) is 6.36. The van der Waals surface area contributed by atoms with Crippen molar-refractivity contribution in [2.45, 2.75) is 6.92 Å².